The van der Waals surface area contributed by atoms with Gasteiger partial charge in [-0.3, -0.25) is 10.1 Å². The van der Waals surface area contributed by atoms with E-state index in [4.69, 9.17) is 17.3 Å². The van der Waals surface area contributed by atoms with Crippen molar-refractivity contribution in [1.82, 2.24) is 0 Å². The minimum atomic E-state index is -0.518. The summed E-state index contributed by atoms with van der Waals surface area (Å²) in [5, 5.41) is 14.3. The summed E-state index contributed by atoms with van der Waals surface area (Å²) < 4.78 is 0.794. The molecule has 98 valence electrons. The van der Waals surface area contributed by atoms with Gasteiger partial charge in [-0.2, -0.15) is 0 Å². The van der Waals surface area contributed by atoms with Crippen LogP contribution < -0.4 is 11.1 Å². The van der Waals surface area contributed by atoms with Gasteiger partial charge in [0.25, 0.3) is 5.69 Å². The summed E-state index contributed by atoms with van der Waals surface area (Å²) in [6.07, 6.45) is 0. The minimum Gasteiger partial charge on any atom is -0.393 e. The number of rotatable bonds is 3. The Labute approximate surface area is 122 Å². The Morgan fingerprint density at radius 2 is 1.84 bits per heavy atom. The van der Waals surface area contributed by atoms with Crippen molar-refractivity contribution in [1.29, 1.82) is 0 Å². The number of halogens is 2. The van der Waals surface area contributed by atoms with Gasteiger partial charge in [0.15, 0.2) is 0 Å². The second-order valence-corrected chi connectivity index (χ2v) is 5.05. The molecule has 0 unspecified atom stereocenters. The first-order valence-corrected chi connectivity index (χ1v) is 6.40. The summed E-state index contributed by atoms with van der Waals surface area (Å²) in [5.41, 5.74) is 7.03. The van der Waals surface area contributed by atoms with E-state index in [1.54, 1.807) is 18.2 Å². The number of nitro benzene ring substituents is 1. The summed E-state index contributed by atoms with van der Waals surface area (Å²) in [4.78, 5) is 10.1. The standard InChI is InChI=1S/C12H9BrClN3O2/c13-9-3-1-7(5-10(9)14)16-8-2-4-12(17(18)19)11(15)6-8/h1-6,16H,15H2. The summed E-state index contributed by atoms with van der Waals surface area (Å²) in [6, 6.07) is 9.83. The van der Waals surface area contributed by atoms with Crippen LogP contribution in [-0.2, 0) is 0 Å². The average molecular weight is 343 g/mol. The molecule has 0 heterocycles. The molecule has 0 saturated carbocycles. The number of nitrogens with one attached hydrogen (secondary N) is 1. The van der Waals surface area contributed by atoms with E-state index in [9.17, 15) is 10.1 Å². The van der Waals surface area contributed by atoms with Crippen molar-refractivity contribution >= 4 is 50.3 Å². The van der Waals surface area contributed by atoms with Crippen LogP contribution in [0.5, 0.6) is 0 Å². The number of hydrogen-bond donors (Lipinski definition) is 2. The number of nitrogen functional groups attached to an aromatic ring is 1. The molecule has 2 aromatic carbocycles. The van der Waals surface area contributed by atoms with Gasteiger partial charge in [-0.1, -0.05) is 11.6 Å². The minimum absolute atomic E-state index is 0.109. The molecule has 0 fully saturated rings. The van der Waals surface area contributed by atoms with Crippen molar-refractivity contribution in [2.45, 2.75) is 0 Å². The number of hydrogen-bond acceptors (Lipinski definition) is 4. The third-order valence-electron chi connectivity index (χ3n) is 2.43. The van der Waals surface area contributed by atoms with Gasteiger partial charge in [-0.05, 0) is 46.3 Å². The molecule has 0 bridgehead atoms. The lowest BCUT2D eigenvalue weighted by molar-refractivity contribution is -0.383. The van der Waals surface area contributed by atoms with E-state index in [1.807, 2.05) is 6.07 Å². The summed E-state index contributed by atoms with van der Waals surface area (Å²) in [6.45, 7) is 0. The Bertz CT molecular complexity index is 649. The molecule has 0 aliphatic heterocycles. The highest BCUT2D eigenvalue weighted by Crippen LogP contribution is 2.29. The van der Waals surface area contributed by atoms with Crippen LogP contribution in [0.1, 0.15) is 0 Å². The second-order valence-electron chi connectivity index (χ2n) is 3.78. The molecular formula is C12H9BrClN3O2. The lowest BCUT2D eigenvalue weighted by atomic mass is 10.2. The molecule has 3 N–H and O–H groups in total. The Morgan fingerprint density at radius 1 is 1.21 bits per heavy atom. The molecule has 0 aliphatic carbocycles. The van der Waals surface area contributed by atoms with Gasteiger partial charge < -0.3 is 11.1 Å². The first kappa shape index (κ1) is 13.6. The van der Waals surface area contributed by atoms with Crippen molar-refractivity contribution in [3.63, 3.8) is 0 Å². The van der Waals surface area contributed by atoms with Crippen LogP contribution in [0.4, 0.5) is 22.7 Å². The number of nitrogens with two attached hydrogens (primary N) is 1. The molecule has 7 heteroatoms. The van der Waals surface area contributed by atoms with E-state index >= 15 is 0 Å². The zero-order valence-electron chi connectivity index (χ0n) is 9.56. The second kappa shape index (κ2) is 5.46. The van der Waals surface area contributed by atoms with Crippen molar-refractivity contribution < 1.29 is 4.92 Å². The van der Waals surface area contributed by atoms with Crippen molar-refractivity contribution in [2.75, 3.05) is 11.1 Å². The maximum atomic E-state index is 10.7. The molecule has 0 atom stereocenters. The fourth-order valence-corrected chi connectivity index (χ4v) is 1.97. The van der Waals surface area contributed by atoms with Gasteiger partial charge in [0.05, 0.1) is 9.95 Å². The Morgan fingerprint density at radius 3 is 2.42 bits per heavy atom. The summed E-state index contributed by atoms with van der Waals surface area (Å²) >= 11 is 9.27. The van der Waals surface area contributed by atoms with Crippen molar-refractivity contribution in [3.8, 4) is 0 Å². The van der Waals surface area contributed by atoms with E-state index in [0.29, 0.717) is 10.7 Å². The number of nitrogens with zero attached hydrogens (tertiary/aromatic N) is 1. The Hall–Kier alpha value is -1.79. The topological polar surface area (TPSA) is 81.2 Å². The van der Waals surface area contributed by atoms with Gasteiger partial charge in [0, 0.05) is 21.9 Å². The smallest absolute Gasteiger partial charge is 0.292 e. The zero-order chi connectivity index (χ0) is 14.0. The van der Waals surface area contributed by atoms with Crippen LogP contribution in [0, 0.1) is 10.1 Å². The predicted molar refractivity (Wildman–Crippen MR) is 79.9 cm³/mol. The highest BCUT2D eigenvalue weighted by Gasteiger charge is 2.11. The van der Waals surface area contributed by atoms with Crippen LogP contribution in [0.3, 0.4) is 0 Å². The third kappa shape index (κ3) is 3.15. The van der Waals surface area contributed by atoms with E-state index in [2.05, 4.69) is 21.2 Å². The molecule has 5 nitrogen and oxygen atoms in total. The number of nitro groups is 1. The molecule has 0 spiro atoms. The molecule has 0 amide bonds. The van der Waals surface area contributed by atoms with Crippen LogP contribution in [0.25, 0.3) is 0 Å². The molecular weight excluding hydrogens is 334 g/mol. The highest BCUT2D eigenvalue weighted by atomic mass is 79.9. The predicted octanol–water partition coefficient (Wildman–Crippen LogP) is 4.34. The fraction of sp³-hybridized carbons (Fsp3) is 0. The molecule has 2 rings (SSSR count). The van der Waals surface area contributed by atoms with E-state index in [-0.39, 0.29) is 11.4 Å². The maximum absolute atomic E-state index is 10.7. The third-order valence-corrected chi connectivity index (χ3v) is 3.66. The van der Waals surface area contributed by atoms with Crippen molar-refractivity contribution in [2.24, 2.45) is 0 Å². The normalized spacial score (nSPS) is 10.2. The lowest BCUT2D eigenvalue weighted by Crippen LogP contribution is -1.97. The number of benzene rings is 2. The van der Waals surface area contributed by atoms with Crippen LogP contribution in [0.2, 0.25) is 5.02 Å². The first-order valence-electron chi connectivity index (χ1n) is 5.23. The monoisotopic (exact) mass is 341 g/mol. The Balaban J connectivity index is 2.26. The first-order chi connectivity index (χ1) is 8.97. The van der Waals surface area contributed by atoms with Crippen LogP contribution in [-0.4, -0.2) is 4.92 Å². The van der Waals surface area contributed by atoms with Gasteiger partial charge in [-0.15, -0.1) is 0 Å². The Kier molecular flexibility index (Phi) is 3.92. The lowest BCUT2D eigenvalue weighted by Gasteiger charge is -2.08. The van der Waals surface area contributed by atoms with E-state index < -0.39 is 4.92 Å². The molecule has 0 aliphatic rings. The van der Waals surface area contributed by atoms with Crippen molar-refractivity contribution in [3.05, 3.63) is 56.0 Å². The molecule has 2 aromatic rings. The molecule has 0 aromatic heterocycles. The van der Waals surface area contributed by atoms with E-state index in [0.717, 1.165) is 10.2 Å². The quantitative estimate of drug-likeness (QED) is 0.494. The number of anilines is 3. The van der Waals surface area contributed by atoms with Gasteiger partial charge in [-0.25, -0.2) is 0 Å². The molecule has 19 heavy (non-hydrogen) atoms. The van der Waals surface area contributed by atoms with Gasteiger partial charge >= 0.3 is 0 Å². The maximum Gasteiger partial charge on any atom is 0.292 e. The SMILES string of the molecule is Nc1cc(Nc2ccc(Br)c(Cl)c2)ccc1[N+](=O)[O-]. The van der Waals surface area contributed by atoms with Crippen LogP contribution >= 0.6 is 27.5 Å². The molecule has 0 saturated heterocycles. The summed E-state index contributed by atoms with van der Waals surface area (Å²) in [5.74, 6) is 0. The fourth-order valence-electron chi connectivity index (χ4n) is 1.54. The summed E-state index contributed by atoms with van der Waals surface area (Å²) in [7, 11) is 0. The van der Waals surface area contributed by atoms with Gasteiger partial charge in [0.1, 0.15) is 5.69 Å². The molecule has 0 radical (unpaired) electrons. The zero-order valence-corrected chi connectivity index (χ0v) is 11.9. The highest BCUT2D eigenvalue weighted by molar-refractivity contribution is 9.10. The largest absolute Gasteiger partial charge is 0.393 e. The van der Waals surface area contributed by atoms with Crippen LogP contribution in [0.15, 0.2) is 40.9 Å². The van der Waals surface area contributed by atoms with E-state index in [1.165, 1.54) is 12.1 Å². The van der Waals surface area contributed by atoms with Gasteiger partial charge in [0.2, 0.25) is 0 Å². The average Bonchev–Trinajstić information content (AvgIpc) is 2.33.